The third-order valence-electron chi connectivity index (χ3n) is 9.20. The van der Waals surface area contributed by atoms with Gasteiger partial charge in [-0.25, -0.2) is 4.79 Å². The van der Waals surface area contributed by atoms with Gasteiger partial charge in [0.2, 0.25) is 0 Å². The molecule has 2 heterocycles. The van der Waals surface area contributed by atoms with Crippen LogP contribution in [0.2, 0.25) is 0 Å². The molecule has 0 radical (unpaired) electrons. The van der Waals surface area contributed by atoms with Crippen LogP contribution in [-0.2, 0) is 10.3 Å². The van der Waals surface area contributed by atoms with Crippen LogP contribution >= 0.6 is 0 Å². The highest BCUT2D eigenvalue weighted by atomic mass is 16.6. The number of hydrogen-bond acceptors (Lipinski definition) is 3. The summed E-state index contributed by atoms with van der Waals surface area (Å²) < 4.78 is 6.08. The Balaban J connectivity index is 1.13. The minimum absolute atomic E-state index is 0.0248. The van der Waals surface area contributed by atoms with Gasteiger partial charge in [0.15, 0.2) is 0 Å². The number of fused-ring (bicyclic) bond motifs is 6. The molecule has 38 heavy (non-hydrogen) atoms. The molecule has 2 unspecified atom stereocenters. The van der Waals surface area contributed by atoms with Crippen molar-refractivity contribution in [1.82, 2.24) is 4.90 Å². The van der Waals surface area contributed by atoms with E-state index in [0.29, 0.717) is 19.4 Å². The molecular weight excluding hydrogens is 470 g/mol. The third-order valence-corrected chi connectivity index (χ3v) is 9.20. The zero-order valence-electron chi connectivity index (χ0n) is 21.8. The van der Waals surface area contributed by atoms with Gasteiger partial charge in [-0.1, -0.05) is 84.9 Å². The van der Waals surface area contributed by atoms with Crippen LogP contribution in [0.15, 0.2) is 84.9 Å². The average molecular weight is 504 g/mol. The first-order valence-corrected chi connectivity index (χ1v) is 13.9. The molecule has 4 heteroatoms. The Kier molecular flexibility index (Phi) is 5.55. The van der Waals surface area contributed by atoms with E-state index in [9.17, 15) is 9.90 Å². The molecule has 0 spiro atoms. The lowest BCUT2D eigenvalue weighted by molar-refractivity contribution is -0.0883. The number of nitrogens with zero attached hydrogens (tertiary/aromatic N) is 1. The fourth-order valence-corrected chi connectivity index (χ4v) is 7.47. The fourth-order valence-electron chi connectivity index (χ4n) is 7.47. The highest BCUT2D eigenvalue weighted by Gasteiger charge is 2.49. The number of aryl methyl sites for hydroxylation is 1. The molecule has 3 aliphatic rings. The molecule has 0 saturated carbocycles. The van der Waals surface area contributed by atoms with E-state index < -0.39 is 5.60 Å². The smallest absolute Gasteiger partial charge is 0.410 e. The molecule has 2 aliphatic heterocycles. The van der Waals surface area contributed by atoms with E-state index >= 15 is 0 Å². The monoisotopic (exact) mass is 503 g/mol. The number of aliphatic hydroxyl groups is 1. The first-order valence-electron chi connectivity index (χ1n) is 13.9. The first kappa shape index (κ1) is 23.5. The molecule has 4 aromatic carbocycles. The summed E-state index contributed by atoms with van der Waals surface area (Å²) in [6, 6.07) is 29.4. The van der Waals surface area contributed by atoms with Gasteiger partial charge >= 0.3 is 6.09 Å². The van der Waals surface area contributed by atoms with Crippen molar-refractivity contribution < 1.29 is 14.6 Å². The first-order chi connectivity index (χ1) is 18.5. The molecule has 192 valence electrons. The summed E-state index contributed by atoms with van der Waals surface area (Å²) >= 11 is 0. The second-order valence-corrected chi connectivity index (χ2v) is 11.4. The molecule has 7 rings (SSSR count). The van der Waals surface area contributed by atoms with Crippen molar-refractivity contribution in [3.05, 3.63) is 107 Å². The molecule has 2 fully saturated rings. The average Bonchev–Trinajstić information content (AvgIpc) is 3.25. The Morgan fingerprint density at radius 2 is 1.42 bits per heavy atom. The van der Waals surface area contributed by atoms with Crippen LogP contribution < -0.4 is 0 Å². The molecule has 4 nitrogen and oxygen atoms in total. The van der Waals surface area contributed by atoms with E-state index in [1.165, 1.54) is 33.2 Å². The lowest BCUT2D eigenvalue weighted by Crippen LogP contribution is -2.59. The summed E-state index contributed by atoms with van der Waals surface area (Å²) in [5, 5.41) is 14.4. The fraction of sp³-hybridized carbons (Fsp3) is 0.324. The van der Waals surface area contributed by atoms with Crippen LogP contribution in [0.1, 0.15) is 60.3 Å². The van der Waals surface area contributed by atoms with Gasteiger partial charge in [-0.3, -0.25) is 0 Å². The van der Waals surface area contributed by atoms with E-state index in [1.54, 1.807) is 0 Å². The van der Waals surface area contributed by atoms with Crippen LogP contribution in [0.25, 0.3) is 21.9 Å². The summed E-state index contributed by atoms with van der Waals surface area (Å²) in [5.41, 5.74) is 6.15. The van der Waals surface area contributed by atoms with Gasteiger partial charge in [-0.15, -0.1) is 0 Å². The predicted octanol–water partition coefficient (Wildman–Crippen LogP) is 7.30. The van der Waals surface area contributed by atoms with E-state index in [4.69, 9.17) is 4.74 Å². The number of amides is 1. The van der Waals surface area contributed by atoms with Crippen molar-refractivity contribution in [2.45, 2.75) is 62.6 Å². The maximum atomic E-state index is 13.6. The Morgan fingerprint density at radius 3 is 2.08 bits per heavy atom. The third kappa shape index (κ3) is 3.65. The molecule has 2 atom stereocenters. The topological polar surface area (TPSA) is 49.8 Å². The number of benzene rings is 4. The Morgan fingerprint density at radius 1 is 0.842 bits per heavy atom. The molecule has 0 aromatic heterocycles. The molecule has 1 amide bonds. The van der Waals surface area contributed by atoms with Crippen molar-refractivity contribution in [2.24, 2.45) is 0 Å². The summed E-state index contributed by atoms with van der Waals surface area (Å²) in [5.74, 6) is 0.0480. The van der Waals surface area contributed by atoms with Crippen LogP contribution in [0.4, 0.5) is 4.79 Å². The van der Waals surface area contributed by atoms with E-state index in [0.717, 1.165) is 30.2 Å². The maximum absolute atomic E-state index is 13.6. The van der Waals surface area contributed by atoms with Crippen LogP contribution in [0, 0.1) is 6.92 Å². The number of piperidine rings is 2. The van der Waals surface area contributed by atoms with Gasteiger partial charge < -0.3 is 14.7 Å². The molecule has 4 aromatic rings. The lowest BCUT2D eigenvalue weighted by atomic mass is 9.71. The predicted molar refractivity (Wildman–Crippen MR) is 150 cm³/mol. The second-order valence-electron chi connectivity index (χ2n) is 11.4. The van der Waals surface area contributed by atoms with Gasteiger partial charge in [0, 0.05) is 30.8 Å². The quantitative estimate of drug-likeness (QED) is 0.319. The Labute approximate surface area is 223 Å². The highest BCUT2D eigenvalue weighted by Crippen LogP contribution is 2.48. The molecule has 1 aliphatic carbocycles. The summed E-state index contributed by atoms with van der Waals surface area (Å²) in [6.07, 6.45) is 3.71. The number of ether oxygens (including phenoxy) is 1. The van der Waals surface area contributed by atoms with Crippen molar-refractivity contribution >= 4 is 16.9 Å². The van der Waals surface area contributed by atoms with Gasteiger partial charge in [-0.05, 0) is 70.3 Å². The number of hydrogen-bond donors (Lipinski definition) is 1. The summed E-state index contributed by atoms with van der Waals surface area (Å²) in [4.78, 5) is 15.6. The highest BCUT2D eigenvalue weighted by molar-refractivity contribution is 5.89. The van der Waals surface area contributed by atoms with Gasteiger partial charge in [0.1, 0.15) is 6.61 Å². The van der Waals surface area contributed by atoms with E-state index in [1.807, 2.05) is 11.0 Å². The maximum Gasteiger partial charge on any atom is 0.410 e. The van der Waals surface area contributed by atoms with Crippen LogP contribution in [-0.4, -0.2) is 34.8 Å². The van der Waals surface area contributed by atoms with Crippen molar-refractivity contribution in [3.8, 4) is 11.1 Å². The molecule has 2 bridgehead atoms. The van der Waals surface area contributed by atoms with Crippen LogP contribution in [0.5, 0.6) is 0 Å². The second kappa shape index (κ2) is 8.99. The van der Waals surface area contributed by atoms with E-state index in [2.05, 4.69) is 85.8 Å². The minimum Gasteiger partial charge on any atom is -0.448 e. The van der Waals surface area contributed by atoms with Gasteiger partial charge in [0.05, 0.1) is 5.60 Å². The van der Waals surface area contributed by atoms with Gasteiger partial charge in [-0.2, -0.15) is 0 Å². The number of carbonyl (C=O) groups is 1. The molecular formula is C34H33NO3. The zero-order chi connectivity index (χ0) is 25.9. The minimum atomic E-state index is -0.955. The SMILES string of the molecule is Cc1ccc(C2(O)CC3CCCC(C2)N3C(=O)OCC2c3ccccc3-c3ccccc32)c2ccccc12. The summed E-state index contributed by atoms with van der Waals surface area (Å²) in [7, 11) is 0. The lowest BCUT2D eigenvalue weighted by Gasteiger charge is -2.51. The molecule has 1 N–H and O–H groups in total. The number of carbonyl (C=O) groups excluding carboxylic acids is 1. The standard InChI is InChI=1S/C34H33NO3/c1-22-17-18-32(30-16-7-2-11-25(22)30)34(37)19-23-9-8-10-24(20-34)35(23)33(36)38-21-31-28-14-5-3-12-26(28)27-13-4-6-15-29(27)31/h2-7,11-18,23-24,31,37H,8-10,19-21H2,1H3. The van der Waals surface area contributed by atoms with Crippen LogP contribution in [0.3, 0.4) is 0 Å². The van der Waals surface area contributed by atoms with Crippen molar-refractivity contribution in [3.63, 3.8) is 0 Å². The Hall–Kier alpha value is -3.63. The zero-order valence-corrected chi connectivity index (χ0v) is 21.8. The normalized spacial score (nSPS) is 24.2. The van der Waals surface area contributed by atoms with Gasteiger partial charge in [0.25, 0.3) is 0 Å². The Bertz CT molecular complexity index is 1480. The number of rotatable bonds is 3. The van der Waals surface area contributed by atoms with Crippen molar-refractivity contribution in [1.29, 1.82) is 0 Å². The van der Waals surface area contributed by atoms with E-state index in [-0.39, 0.29) is 24.1 Å². The van der Waals surface area contributed by atoms with Crippen molar-refractivity contribution in [2.75, 3.05) is 6.61 Å². The largest absolute Gasteiger partial charge is 0.448 e. The summed E-state index contributed by atoms with van der Waals surface area (Å²) in [6.45, 7) is 2.44. The molecule has 2 saturated heterocycles.